The summed E-state index contributed by atoms with van der Waals surface area (Å²) in [4.78, 5) is 29.4. The van der Waals surface area contributed by atoms with Gasteiger partial charge in [-0.15, -0.1) is 0 Å². The lowest BCUT2D eigenvalue weighted by molar-refractivity contribution is -0.192. The normalized spacial score (nSPS) is 16.0. The number of morpholine rings is 1. The Morgan fingerprint density at radius 3 is 1.61 bits per heavy atom. The van der Waals surface area contributed by atoms with Gasteiger partial charge in [0.1, 0.15) is 35.4 Å². The van der Waals surface area contributed by atoms with Crippen molar-refractivity contribution >= 4 is 38.8 Å². The van der Waals surface area contributed by atoms with Crippen LogP contribution in [0, 0.1) is 45.9 Å². The molecule has 0 spiro atoms. The summed E-state index contributed by atoms with van der Waals surface area (Å²) in [6.07, 6.45) is -3.99. The number of hydrogen-bond acceptors (Lipinski definition) is 11. The van der Waals surface area contributed by atoms with Gasteiger partial charge in [-0.25, -0.2) is 30.8 Å². The van der Waals surface area contributed by atoms with Crippen molar-refractivity contribution in [3.05, 3.63) is 82.4 Å². The molecule has 57 heavy (non-hydrogen) atoms. The number of rotatable bonds is 5. The van der Waals surface area contributed by atoms with E-state index in [0.29, 0.717) is 45.1 Å². The Hall–Kier alpha value is -5.64. The average Bonchev–Trinajstić information content (AvgIpc) is 3.19. The van der Waals surface area contributed by atoms with Crippen LogP contribution in [0.1, 0.15) is 21.5 Å². The number of nitrogens with zero attached hydrogens (tertiary/aromatic N) is 6. The fraction of sp³-hybridized carbons (Fsp3) is 0.389. The number of carboxylic acid groups (broad SMARTS) is 1. The number of ether oxygens (including phenoxy) is 1. The average molecular weight is 828 g/mol. The molecule has 0 aliphatic carbocycles. The lowest BCUT2D eigenvalue weighted by Crippen LogP contribution is -2.49. The minimum Gasteiger partial charge on any atom is -0.475 e. The number of benzene rings is 3. The first-order chi connectivity index (χ1) is 26.8. The summed E-state index contributed by atoms with van der Waals surface area (Å²) in [6.45, 7) is 5.95. The van der Waals surface area contributed by atoms with Crippen LogP contribution in [-0.2, 0) is 19.4 Å². The summed E-state index contributed by atoms with van der Waals surface area (Å²) < 4.78 is 117. The third-order valence-corrected chi connectivity index (χ3v) is 10.0. The molecule has 3 aromatic carbocycles. The smallest absolute Gasteiger partial charge is 0.475 e. The number of amides is 1. The highest BCUT2D eigenvalue weighted by molar-refractivity contribution is 7.90. The number of nitrogens with one attached hydrogen (secondary N) is 1. The number of piperazine rings is 2. The van der Waals surface area contributed by atoms with Crippen LogP contribution in [-0.4, -0.2) is 121 Å². The number of sulfone groups is 1. The second-order valence-electron chi connectivity index (χ2n) is 12.7. The van der Waals surface area contributed by atoms with Crippen molar-refractivity contribution in [3.63, 3.8) is 0 Å². The standard InChI is InChI=1S/C23H24F2N4O4S.C11H11F2N3.C2HF3O2/c1-34(31,32)17-2-3-21(28-8-10-33-11-9-28)18(13-17)23(30)29-6-4-27(5-7-29)22-14-19(24)16(15-26)12-20(22)25;12-9-6-11(10(13)5-8(9)7-14)16-3-1-15-2-4-16;3-2(4,5)1(6)7/h2-3,12-14H,4-11H2,1H3;5-6,15H,1-4H2;(H,6,7). The topological polar surface area (TPSA) is 170 Å². The zero-order chi connectivity index (χ0) is 42.1. The van der Waals surface area contributed by atoms with Crippen molar-refractivity contribution in [2.24, 2.45) is 0 Å². The van der Waals surface area contributed by atoms with Crippen molar-refractivity contribution in [2.75, 3.05) is 99.6 Å². The van der Waals surface area contributed by atoms with Gasteiger partial charge < -0.3 is 34.8 Å². The summed E-state index contributed by atoms with van der Waals surface area (Å²) in [6, 6.07) is 11.7. The Balaban J connectivity index is 0.000000257. The molecule has 3 fully saturated rings. The first kappa shape index (κ1) is 44.1. The fourth-order valence-corrected chi connectivity index (χ4v) is 6.60. The van der Waals surface area contributed by atoms with E-state index in [1.807, 2.05) is 4.90 Å². The van der Waals surface area contributed by atoms with Gasteiger partial charge in [-0.05, 0) is 30.3 Å². The molecule has 13 nitrogen and oxygen atoms in total. The van der Waals surface area contributed by atoms with Gasteiger partial charge in [0.05, 0.1) is 46.2 Å². The molecule has 1 amide bonds. The van der Waals surface area contributed by atoms with Crippen molar-refractivity contribution in [3.8, 4) is 12.1 Å². The third-order valence-electron chi connectivity index (χ3n) is 8.90. The van der Waals surface area contributed by atoms with Gasteiger partial charge in [0, 0.05) is 89.5 Å². The Morgan fingerprint density at radius 2 is 1.18 bits per heavy atom. The predicted octanol–water partition coefficient (Wildman–Crippen LogP) is 3.92. The predicted molar refractivity (Wildman–Crippen MR) is 192 cm³/mol. The van der Waals surface area contributed by atoms with E-state index in [-0.39, 0.29) is 65.0 Å². The minimum absolute atomic E-state index is 0.0386. The second-order valence-corrected chi connectivity index (χ2v) is 14.7. The van der Waals surface area contributed by atoms with E-state index >= 15 is 0 Å². The molecule has 3 aromatic rings. The molecule has 0 bridgehead atoms. The molecule has 0 saturated carbocycles. The lowest BCUT2D eigenvalue weighted by Gasteiger charge is -2.37. The summed E-state index contributed by atoms with van der Waals surface area (Å²) in [5.74, 6) is -5.79. The third kappa shape index (κ3) is 11.5. The number of carbonyl (C=O) groups excluding carboxylic acids is 1. The summed E-state index contributed by atoms with van der Waals surface area (Å²) in [5.41, 5.74) is 0.583. The van der Waals surface area contributed by atoms with Gasteiger partial charge in [-0.2, -0.15) is 23.7 Å². The molecule has 3 aliphatic heterocycles. The summed E-state index contributed by atoms with van der Waals surface area (Å²) in [7, 11) is -3.52. The van der Waals surface area contributed by atoms with Crippen LogP contribution < -0.4 is 20.0 Å². The molecule has 0 unspecified atom stereocenters. The Kier molecular flexibility index (Phi) is 14.7. The highest BCUT2D eigenvalue weighted by atomic mass is 32.2. The number of anilines is 3. The number of alkyl halides is 3. The molecule has 0 atom stereocenters. The van der Waals surface area contributed by atoms with Crippen LogP contribution in [0.5, 0.6) is 0 Å². The maximum absolute atomic E-state index is 14.4. The van der Waals surface area contributed by atoms with Gasteiger partial charge in [0.15, 0.2) is 9.84 Å². The fourth-order valence-electron chi connectivity index (χ4n) is 5.95. The number of hydrogen-bond donors (Lipinski definition) is 2. The van der Waals surface area contributed by atoms with Crippen LogP contribution in [0.3, 0.4) is 0 Å². The van der Waals surface area contributed by atoms with E-state index in [2.05, 4.69) is 5.32 Å². The highest BCUT2D eigenvalue weighted by Crippen LogP contribution is 2.29. The molecule has 0 radical (unpaired) electrons. The SMILES string of the molecule is CS(=O)(=O)c1ccc(N2CCOCC2)c(C(=O)N2CCN(c3cc(F)c(C#N)cc3F)CC2)c1.N#Cc1cc(F)c(N2CCNCC2)cc1F.O=C(O)C(F)(F)F. The first-order valence-electron chi connectivity index (χ1n) is 17.1. The minimum atomic E-state index is -5.08. The Labute approximate surface area is 322 Å². The van der Waals surface area contributed by atoms with Crippen molar-refractivity contribution in [1.82, 2.24) is 10.2 Å². The van der Waals surface area contributed by atoms with Gasteiger partial charge in [-0.3, -0.25) is 4.79 Å². The van der Waals surface area contributed by atoms with Gasteiger partial charge >= 0.3 is 12.1 Å². The zero-order valence-electron chi connectivity index (χ0n) is 30.3. The molecular weight excluding hydrogens is 791 g/mol. The van der Waals surface area contributed by atoms with Gasteiger partial charge in [0.2, 0.25) is 0 Å². The number of nitriles is 2. The zero-order valence-corrected chi connectivity index (χ0v) is 31.1. The molecule has 306 valence electrons. The number of carboxylic acids is 1. The molecule has 21 heteroatoms. The van der Waals surface area contributed by atoms with E-state index in [1.54, 1.807) is 32.9 Å². The number of halogens is 7. The van der Waals surface area contributed by atoms with Crippen LogP contribution in [0.25, 0.3) is 0 Å². The van der Waals surface area contributed by atoms with Crippen LogP contribution >= 0.6 is 0 Å². The Bertz CT molecular complexity index is 2140. The van der Waals surface area contributed by atoms with E-state index in [4.69, 9.17) is 25.2 Å². The first-order valence-corrected chi connectivity index (χ1v) is 19.0. The molecule has 3 aliphatic rings. The quantitative estimate of drug-likeness (QED) is 0.356. The maximum atomic E-state index is 14.4. The van der Waals surface area contributed by atoms with Crippen LogP contribution in [0.4, 0.5) is 47.8 Å². The van der Waals surface area contributed by atoms with Gasteiger partial charge in [-0.1, -0.05) is 0 Å². The summed E-state index contributed by atoms with van der Waals surface area (Å²) >= 11 is 0. The van der Waals surface area contributed by atoms with Crippen molar-refractivity contribution < 1.29 is 58.6 Å². The maximum Gasteiger partial charge on any atom is 0.490 e. The largest absolute Gasteiger partial charge is 0.490 e. The molecule has 3 heterocycles. The van der Waals surface area contributed by atoms with Gasteiger partial charge in [0.25, 0.3) is 5.91 Å². The van der Waals surface area contributed by atoms with E-state index in [1.165, 1.54) is 12.1 Å². The lowest BCUT2D eigenvalue weighted by atomic mass is 10.1. The number of carbonyl (C=O) groups is 2. The highest BCUT2D eigenvalue weighted by Gasteiger charge is 2.38. The molecule has 6 rings (SSSR count). The number of aliphatic carboxylic acids is 1. The second kappa shape index (κ2) is 19.0. The molecule has 3 saturated heterocycles. The Morgan fingerprint density at radius 1 is 0.719 bits per heavy atom. The van der Waals surface area contributed by atoms with Crippen molar-refractivity contribution in [2.45, 2.75) is 11.1 Å². The van der Waals surface area contributed by atoms with Crippen LogP contribution in [0.2, 0.25) is 0 Å². The summed E-state index contributed by atoms with van der Waals surface area (Å²) in [5, 5.41) is 27.7. The molecule has 2 N–H and O–H groups in total. The van der Waals surface area contributed by atoms with E-state index in [9.17, 15) is 43.9 Å². The molecule has 0 aromatic heterocycles. The monoisotopic (exact) mass is 827 g/mol. The van der Waals surface area contributed by atoms with Crippen molar-refractivity contribution in [1.29, 1.82) is 10.5 Å². The van der Waals surface area contributed by atoms with Crippen LogP contribution in [0.15, 0.2) is 47.4 Å². The molecular formula is C36H36F7N7O6S. The van der Waals surface area contributed by atoms with E-state index < -0.39 is 45.3 Å². The van der Waals surface area contributed by atoms with E-state index in [0.717, 1.165) is 43.6 Å².